The molecule has 13 nitrogen and oxygen atoms in total. The molecule has 0 amide bonds. The minimum Gasteiger partial charge on any atom is -0.483 e. The Morgan fingerprint density at radius 2 is 1.74 bits per heavy atom. The Bertz CT molecular complexity index is 1540. The van der Waals surface area contributed by atoms with Crippen LogP contribution >= 0.6 is 0 Å². The molecule has 1 saturated heterocycles. The Labute approximate surface area is 250 Å². The lowest BCUT2D eigenvalue weighted by Crippen LogP contribution is -2.75. The highest BCUT2D eigenvalue weighted by Crippen LogP contribution is 2.34. The van der Waals surface area contributed by atoms with Gasteiger partial charge in [-0.2, -0.15) is 9.97 Å². The SMILES string of the molecule is Cc1cc(C)nc(NC2CCC(Oc3nc(N4CCOCC4)cc4ncc(OC(C)c5cnc([NH2+]O)n5C)cc34)CC2)n1. The van der Waals surface area contributed by atoms with E-state index in [4.69, 9.17) is 24.2 Å². The van der Waals surface area contributed by atoms with Crippen LogP contribution in [0.4, 0.5) is 17.7 Å². The molecule has 4 aromatic rings. The maximum atomic E-state index is 9.40. The van der Waals surface area contributed by atoms with Crippen LogP contribution in [-0.4, -0.2) is 73.1 Å². The predicted octanol–water partition coefficient (Wildman–Crippen LogP) is 3.13. The zero-order chi connectivity index (χ0) is 29.9. The topological polar surface area (TPSA) is 149 Å². The predicted molar refractivity (Wildman–Crippen MR) is 160 cm³/mol. The number of nitrogens with one attached hydrogen (secondary N) is 1. The molecule has 0 aromatic carbocycles. The number of morpholine rings is 1. The lowest BCUT2D eigenvalue weighted by atomic mass is 9.93. The third-order valence-electron chi connectivity index (χ3n) is 8.11. The molecule has 1 atom stereocenters. The number of anilines is 2. The summed E-state index contributed by atoms with van der Waals surface area (Å²) < 4.78 is 20.3. The molecule has 1 aliphatic carbocycles. The van der Waals surface area contributed by atoms with Gasteiger partial charge in [-0.25, -0.2) is 15.2 Å². The lowest BCUT2D eigenvalue weighted by Gasteiger charge is -2.31. The molecule has 6 rings (SSSR count). The zero-order valence-corrected chi connectivity index (χ0v) is 25.2. The second-order valence-electron chi connectivity index (χ2n) is 11.3. The molecular formula is C30H40N9O4+. The molecule has 0 radical (unpaired) electrons. The van der Waals surface area contributed by atoms with E-state index in [2.05, 4.69) is 25.2 Å². The van der Waals surface area contributed by atoms with Gasteiger partial charge in [0, 0.05) is 43.6 Å². The normalized spacial score (nSPS) is 19.8. The third kappa shape index (κ3) is 6.63. The quantitative estimate of drug-likeness (QED) is 0.247. The molecule has 228 valence electrons. The van der Waals surface area contributed by atoms with Gasteiger partial charge in [0.2, 0.25) is 11.8 Å². The first-order valence-corrected chi connectivity index (χ1v) is 14.9. The summed E-state index contributed by atoms with van der Waals surface area (Å²) in [5.41, 5.74) is 4.53. The van der Waals surface area contributed by atoms with Gasteiger partial charge in [-0.05, 0) is 58.6 Å². The number of hydrogen-bond donors (Lipinski definition) is 3. The number of nitrogens with two attached hydrogens (primary N) is 1. The van der Waals surface area contributed by atoms with Gasteiger partial charge < -0.3 is 24.4 Å². The van der Waals surface area contributed by atoms with Crippen LogP contribution in [0.15, 0.2) is 30.6 Å². The number of aromatic nitrogens is 6. The Balaban J connectivity index is 1.21. The van der Waals surface area contributed by atoms with Gasteiger partial charge in [-0.15, -0.1) is 5.48 Å². The van der Waals surface area contributed by atoms with E-state index in [0.29, 0.717) is 42.8 Å². The summed E-state index contributed by atoms with van der Waals surface area (Å²) >= 11 is 0. The van der Waals surface area contributed by atoms with E-state index in [0.717, 1.165) is 78.1 Å². The molecular weight excluding hydrogens is 550 g/mol. The van der Waals surface area contributed by atoms with Gasteiger partial charge in [0.25, 0.3) is 0 Å². The van der Waals surface area contributed by atoms with Crippen LogP contribution in [0.5, 0.6) is 11.6 Å². The Kier molecular flexibility index (Phi) is 8.54. The van der Waals surface area contributed by atoms with E-state index in [9.17, 15) is 5.21 Å². The average molecular weight is 591 g/mol. The number of imidazole rings is 1. The minimum absolute atomic E-state index is 0.0277. The molecule has 1 saturated carbocycles. The summed E-state index contributed by atoms with van der Waals surface area (Å²) in [5.74, 6) is 3.16. The number of hydrogen-bond acceptors (Lipinski definition) is 11. The van der Waals surface area contributed by atoms with Crippen LogP contribution in [0.2, 0.25) is 0 Å². The van der Waals surface area contributed by atoms with Crippen LogP contribution < -0.4 is 25.2 Å². The Morgan fingerprint density at radius 1 is 1.00 bits per heavy atom. The maximum Gasteiger partial charge on any atom is 0.338 e. The molecule has 43 heavy (non-hydrogen) atoms. The van der Waals surface area contributed by atoms with Gasteiger partial charge in [-0.3, -0.25) is 9.55 Å². The fraction of sp³-hybridized carbons (Fsp3) is 0.500. The number of nitrogens with zero attached hydrogens (tertiary/aromatic N) is 7. The van der Waals surface area contributed by atoms with E-state index >= 15 is 0 Å². The summed E-state index contributed by atoms with van der Waals surface area (Å²) in [4.78, 5) is 25.3. The smallest absolute Gasteiger partial charge is 0.338 e. The largest absolute Gasteiger partial charge is 0.483 e. The van der Waals surface area contributed by atoms with Gasteiger partial charge in [0.05, 0.1) is 42.2 Å². The van der Waals surface area contributed by atoms with Crippen molar-refractivity contribution in [3.63, 3.8) is 0 Å². The third-order valence-corrected chi connectivity index (χ3v) is 8.11. The average Bonchev–Trinajstić information content (AvgIpc) is 3.38. The highest BCUT2D eigenvalue weighted by Gasteiger charge is 2.26. The van der Waals surface area contributed by atoms with Crippen LogP contribution in [0.3, 0.4) is 0 Å². The van der Waals surface area contributed by atoms with Crippen molar-refractivity contribution in [2.24, 2.45) is 7.05 Å². The molecule has 2 fully saturated rings. The first-order chi connectivity index (χ1) is 20.9. The summed E-state index contributed by atoms with van der Waals surface area (Å²) in [6, 6.07) is 6.24. The zero-order valence-electron chi connectivity index (χ0n) is 25.2. The van der Waals surface area contributed by atoms with Gasteiger partial charge >= 0.3 is 5.95 Å². The number of quaternary nitrogens is 1. The van der Waals surface area contributed by atoms with Crippen molar-refractivity contribution >= 4 is 28.6 Å². The van der Waals surface area contributed by atoms with Gasteiger partial charge in [0.15, 0.2) is 0 Å². The fourth-order valence-corrected chi connectivity index (χ4v) is 5.83. The molecule has 1 unspecified atom stereocenters. The van der Waals surface area contributed by atoms with Crippen molar-refractivity contribution in [1.82, 2.24) is 29.5 Å². The standard InChI is InChI=1S/C30H39N9O4/c1-18-13-19(2)34-29(33-18)35-21-5-7-22(8-6-21)43-28-24-14-23(42-20(3)26-17-32-30(37-40)38(26)4)16-31-25(24)15-27(36-28)39-9-11-41-12-10-39/h13-17,20-22,40H,5-12H2,1-4H3,(H,32,37)(H,33,34,35)/p+1. The molecule has 4 N–H and O–H groups in total. The lowest BCUT2D eigenvalue weighted by molar-refractivity contribution is -0.831. The van der Waals surface area contributed by atoms with Crippen LogP contribution in [0.1, 0.15) is 55.8 Å². The summed E-state index contributed by atoms with van der Waals surface area (Å²) in [5, 5.41) is 13.7. The first kappa shape index (κ1) is 29.0. The number of aryl methyl sites for hydroxylation is 2. The van der Waals surface area contributed by atoms with E-state index < -0.39 is 0 Å². The molecule has 5 heterocycles. The monoisotopic (exact) mass is 590 g/mol. The Morgan fingerprint density at radius 3 is 2.44 bits per heavy atom. The first-order valence-electron chi connectivity index (χ1n) is 14.9. The van der Waals surface area contributed by atoms with Crippen molar-refractivity contribution in [2.75, 3.05) is 36.5 Å². The fourth-order valence-electron chi connectivity index (χ4n) is 5.83. The van der Waals surface area contributed by atoms with Gasteiger partial charge in [0.1, 0.15) is 23.8 Å². The molecule has 13 heteroatoms. The van der Waals surface area contributed by atoms with E-state index in [1.807, 2.05) is 46.0 Å². The summed E-state index contributed by atoms with van der Waals surface area (Å²) in [6.45, 7) is 8.79. The van der Waals surface area contributed by atoms with Crippen molar-refractivity contribution in [1.29, 1.82) is 0 Å². The Hall–Kier alpha value is -4.07. The van der Waals surface area contributed by atoms with Crippen LogP contribution in [0.25, 0.3) is 10.9 Å². The van der Waals surface area contributed by atoms with Gasteiger partial charge in [-0.1, -0.05) is 0 Å². The van der Waals surface area contributed by atoms with E-state index in [1.54, 1.807) is 17.0 Å². The van der Waals surface area contributed by atoms with E-state index in [-0.39, 0.29) is 12.2 Å². The number of rotatable bonds is 9. The highest BCUT2D eigenvalue weighted by atomic mass is 16.5. The molecule has 0 bridgehead atoms. The highest BCUT2D eigenvalue weighted by molar-refractivity contribution is 5.87. The molecule has 4 aromatic heterocycles. The second-order valence-corrected chi connectivity index (χ2v) is 11.3. The van der Waals surface area contributed by atoms with Crippen molar-refractivity contribution < 1.29 is 24.9 Å². The van der Waals surface area contributed by atoms with Crippen molar-refractivity contribution in [3.8, 4) is 11.6 Å². The number of ether oxygens (including phenoxy) is 3. The minimum atomic E-state index is -0.320. The number of pyridine rings is 2. The van der Waals surface area contributed by atoms with Crippen molar-refractivity contribution in [2.45, 2.75) is 64.7 Å². The van der Waals surface area contributed by atoms with E-state index in [1.165, 1.54) is 0 Å². The number of fused-ring (bicyclic) bond motifs is 1. The second kappa shape index (κ2) is 12.7. The molecule has 1 aliphatic heterocycles. The van der Waals surface area contributed by atoms with Crippen molar-refractivity contribution in [3.05, 3.63) is 47.7 Å². The molecule has 0 spiro atoms. The summed E-state index contributed by atoms with van der Waals surface area (Å²) in [7, 11) is 1.84. The van der Waals surface area contributed by atoms with Crippen LogP contribution in [-0.2, 0) is 11.8 Å². The summed E-state index contributed by atoms with van der Waals surface area (Å²) in [6.07, 6.45) is 6.81. The van der Waals surface area contributed by atoms with Crippen LogP contribution in [0, 0.1) is 13.8 Å². The maximum absolute atomic E-state index is 9.40. The molecule has 2 aliphatic rings.